The SMILES string of the molecule is Cc1ccccc1-n1c(SCC(=O)C(C#N)=C2N(C)c3ccccc3N2C)nnc1-c1cccnc1. The van der Waals surface area contributed by atoms with E-state index in [4.69, 9.17) is 0 Å². The maximum absolute atomic E-state index is 13.3. The van der Waals surface area contributed by atoms with Crippen molar-refractivity contribution in [3.05, 3.63) is 90.0 Å². The number of thioether (sulfide) groups is 1. The van der Waals surface area contributed by atoms with Crippen LogP contribution < -0.4 is 9.80 Å². The van der Waals surface area contributed by atoms with Gasteiger partial charge in [0, 0.05) is 32.1 Å². The van der Waals surface area contributed by atoms with Gasteiger partial charge in [0.15, 0.2) is 16.8 Å². The maximum Gasteiger partial charge on any atom is 0.196 e. The van der Waals surface area contributed by atoms with Gasteiger partial charge in [0.05, 0.1) is 22.8 Å². The monoisotopic (exact) mass is 493 g/mol. The Kier molecular flexibility index (Phi) is 6.27. The van der Waals surface area contributed by atoms with E-state index in [0.717, 1.165) is 28.2 Å². The van der Waals surface area contributed by atoms with Crippen LogP contribution in [0.25, 0.3) is 17.1 Å². The lowest BCUT2D eigenvalue weighted by molar-refractivity contribution is -0.112. The van der Waals surface area contributed by atoms with Crippen LogP contribution in [-0.4, -0.2) is 45.4 Å². The van der Waals surface area contributed by atoms with Crippen LogP contribution in [0.15, 0.2) is 89.6 Å². The first-order valence-corrected chi connectivity index (χ1v) is 12.3. The molecule has 0 N–H and O–H groups in total. The van der Waals surface area contributed by atoms with E-state index in [9.17, 15) is 10.1 Å². The highest BCUT2D eigenvalue weighted by molar-refractivity contribution is 7.99. The fourth-order valence-corrected chi connectivity index (χ4v) is 5.15. The van der Waals surface area contributed by atoms with E-state index in [1.807, 2.05) is 96.0 Å². The van der Waals surface area contributed by atoms with E-state index < -0.39 is 0 Å². The number of ketones is 1. The molecule has 0 fully saturated rings. The minimum Gasteiger partial charge on any atom is -0.328 e. The lowest BCUT2D eigenvalue weighted by Gasteiger charge is -2.19. The molecule has 1 aliphatic rings. The van der Waals surface area contributed by atoms with Crippen LogP contribution in [0, 0.1) is 18.3 Å². The highest BCUT2D eigenvalue weighted by Gasteiger charge is 2.31. The largest absolute Gasteiger partial charge is 0.328 e. The van der Waals surface area contributed by atoms with Gasteiger partial charge in [-0.3, -0.25) is 14.3 Å². The summed E-state index contributed by atoms with van der Waals surface area (Å²) in [6.45, 7) is 2.02. The fraction of sp³-hybridized carbons (Fsp3) is 0.148. The van der Waals surface area contributed by atoms with E-state index in [1.54, 1.807) is 12.4 Å². The molecule has 4 aromatic rings. The summed E-state index contributed by atoms with van der Waals surface area (Å²) >= 11 is 1.26. The van der Waals surface area contributed by atoms with Gasteiger partial charge in [0.2, 0.25) is 0 Å². The van der Waals surface area contributed by atoms with Crippen LogP contribution in [0.2, 0.25) is 0 Å². The molecule has 0 spiro atoms. The second kappa shape index (κ2) is 9.68. The number of allylic oxidation sites excluding steroid dienone is 1. The number of rotatable bonds is 6. The molecule has 2 aromatic heterocycles. The minimum absolute atomic E-state index is 0.0431. The van der Waals surface area contributed by atoms with Crippen LogP contribution in [0.3, 0.4) is 0 Å². The summed E-state index contributed by atoms with van der Waals surface area (Å²) in [6.07, 6.45) is 3.44. The molecule has 0 atom stereocenters. The number of hydrogen-bond acceptors (Lipinski definition) is 8. The maximum atomic E-state index is 13.3. The molecule has 36 heavy (non-hydrogen) atoms. The van der Waals surface area contributed by atoms with Crippen molar-refractivity contribution < 1.29 is 4.79 Å². The zero-order valence-electron chi connectivity index (χ0n) is 20.1. The van der Waals surface area contributed by atoms with Crippen molar-refractivity contribution >= 4 is 28.9 Å². The Labute approximate surface area is 213 Å². The second-order valence-corrected chi connectivity index (χ2v) is 9.24. The summed E-state index contributed by atoms with van der Waals surface area (Å²) in [7, 11) is 3.73. The lowest BCUT2D eigenvalue weighted by Crippen LogP contribution is -2.26. The fourth-order valence-electron chi connectivity index (χ4n) is 4.34. The average Bonchev–Trinajstić information content (AvgIpc) is 3.44. The van der Waals surface area contributed by atoms with Crippen molar-refractivity contribution in [1.29, 1.82) is 5.26 Å². The number of carbonyl (C=O) groups excluding carboxylic acids is 1. The Balaban J connectivity index is 1.48. The van der Waals surface area contributed by atoms with Gasteiger partial charge in [-0.15, -0.1) is 10.2 Å². The van der Waals surface area contributed by atoms with Crippen LogP contribution in [0.5, 0.6) is 0 Å². The molecule has 5 rings (SSSR count). The van der Waals surface area contributed by atoms with Crippen LogP contribution in [0.4, 0.5) is 11.4 Å². The molecular formula is C27H23N7OS. The molecule has 178 valence electrons. The Hall–Kier alpha value is -4.42. The molecule has 8 nitrogen and oxygen atoms in total. The number of pyridine rings is 1. The van der Waals surface area contributed by atoms with Crippen molar-refractivity contribution in [3.63, 3.8) is 0 Å². The number of carbonyl (C=O) groups is 1. The Morgan fingerprint density at radius 1 is 0.944 bits per heavy atom. The average molecular weight is 494 g/mol. The van der Waals surface area contributed by atoms with Crippen LogP contribution in [0.1, 0.15) is 5.56 Å². The summed E-state index contributed by atoms with van der Waals surface area (Å²) in [5.74, 6) is 0.977. The second-order valence-electron chi connectivity index (χ2n) is 8.30. The summed E-state index contributed by atoms with van der Waals surface area (Å²) in [5.41, 5.74) is 4.78. The molecule has 0 saturated carbocycles. The molecule has 0 unspecified atom stereocenters. The number of Topliss-reactive ketones (excluding diaryl/α,β-unsaturated/α-hetero) is 1. The predicted octanol–water partition coefficient (Wildman–Crippen LogP) is 4.62. The molecule has 0 aliphatic carbocycles. The quantitative estimate of drug-likeness (QED) is 0.218. The van der Waals surface area contributed by atoms with Gasteiger partial charge in [-0.05, 0) is 42.8 Å². The van der Waals surface area contributed by atoms with Gasteiger partial charge in [-0.1, -0.05) is 42.1 Å². The normalized spacial score (nSPS) is 12.4. The third-order valence-electron chi connectivity index (χ3n) is 6.10. The van der Waals surface area contributed by atoms with Crippen molar-refractivity contribution in [2.45, 2.75) is 12.1 Å². The topological polar surface area (TPSA) is 90.9 Å². The first-order valence-electron chi connectivity index (χ1n) is 11.3. The standard InChI is InChI=1S/C27H23N7OS/c1-18-9-4-5-11-21(18)34-25(19-10-8-14-29-16-19)30-31-27(34)36-17-24(35)20(15-28)26-32(2)22-12-6-7-13-23(22)33(26)3/h4-14,16H,17H2,1-3H3. The summed E-state index contributed by atoms with van der Waals surface area (Å²) < 4.78 is 1.94. The molecule has 3 heterocycles. The molecular weight excluding hydrogens is 470 g/mol. The number of nitrogens with zero attached hydrogens (tertiary/aromatic N) is 7. The van der Waals surface area contributed by atoms with E-state index >= 15 is 0 Å². The number of benzene rings is 2. The van der Waals surface area contributed by atoms with Gasteiger partial charge < -0.3 is 9.80 Å². The number of para-hydroxylation sites is 3. The zero-order chi connectivity index (χ0) is 25.2. The smallest absolute Gasteiger partial charge is 0.196 e. The summed E-state index contributed by atoms with van der Waals surface area (Å²) in [5, 5.41) is 19.3. The highest BCUT2D eigenvalue weighted by atomic mass is 32.2. The van der Waals surface area contributed by atoms with Crippen molar-refractivity contribution in [2.75, 3.05) is 29.6 Å². The van der Waals surface area contributed by atoms with Gasteiger partial charge in [0.1, 0.15) is 17.5 Å². The number of hydrogen-bond donors (Lipinski definition) is 0. The molecule has 0 radical (unpaired) electrons. The molecule has 0 amide bonds. The molecule has 0 bridgehead atoms. The summed E-state index contributed by atoms with van der Waals surface area (Å²) in [4.78, 5) is 21.3. The third kappa shape index (κ3) is 4.01. The van der Waals surface area contributed by atoms with E-state index in [-0.39, 0.29) is 17.1 Å². The third-order valence-corrected chi connectivity index (χ3v) is 7.02. The van der Waals surface area contributed by atoms with Gasteiger partial charge in [-0.2, -0.15) is 5.26 Å². The van der Waals surface area contributed by atoms with Crippen molar-refractivity contribution in [2.24, 2.45) is 0 Å². The number of aromatic nitrogens is 4. The van der Waals surface area contributed by atoms with Gasteiger partial charge >= 0.3 is 0 Å². The van der Waals surface area contributed by atoms with Crippen LogP contribution in [-0.2, 0) is 4.79 Å². The van der Waals surface area contributed by atoms with Crippen molar-refractivity contribution in [3.8, 4) is 23.1 Å². The number of anilines is 2. The van der Waals surface area contributed by atoms with E-state index in [2.05, 4.69) is 21.3 Å². The lowest BCUT2D eigenvalue weighted by atomic mass is 10.2. The molecule has 0 saturated heterocycles. The number of aryl methyl sites for hydroxylation is 1. The van der Waals surface area contributed by atoms with E-state index in [1.165, 1.54) is 11.8 Å². The number of nitriles is 1. The Morgan fingerprint density at radius 2 is 1.61 bits per heavy atom. The molecule has 9 heteroatoms. The van der Waals surface area contributed by atoms with Crippen molar-refractivity contribution in [1.82, 2.24) is 19.7 Å². The Bertz CT molecular complexity index is 1490. The molecule has 2 aromatic carbocycles. The van der Waals surface area contributed by atoms with Gasteiger partial charge in [0.25, 0.3) is 0 Å². The zero-order valence-corrected chi connectivity index (χ0v) is 20.9. The minimum atomic E-state index is -0.272. The predicted molar refractivity (Wildman–Crippen MR) is 141 cm³/mol. The summed E-state index contributed by atoms with van der Waals surface area (Å²) in [6, 6.07) is 21.7. The highest BCUT2D eigenvalue weighted by Crippen LogP contribution is 2.40. The molecule has 1 aliphatic heterocycles. The van der Waals surface area contributed by atoms with Gasteiger partial charge in [-0.25, -0.2) is 0 Å². The number of fused-ring (bicyclic) bond motifs is 1. The first-order chi connectivity index (χ1) is 17.5. The van der Waals surface area contributed by atoms with E-state index in [0.29, 0.717) is 16.8 Å². The van der Waals surface area contributed by atoms with Crippen LogP contribution >= 0.6 is 11.8 Å². The first kappa shape index (κ1) is 23.3. The Morgan fingerprint density at radius 3 is 2.22 bits per heavy atom.